The maximum atomic E-state index is 11.0. The van der Waals surface area contributed by atoms with E-state index in [1.807, 2.05) is 13.8 Å². The topological polar surface area (TPSA) is 49.3 Å². The Balaban J connectivity index is 4.20. The molecule has 0 aromatic rings. The first-order valence-electron chi connectivity index (χ1n) is 5.01. The predicted molar refractivity (Wildman–Crippen MR) is 57.0 cm³/mol. The van der Waals surface area contributed by atoms with E-state index in [0.29, 0.717) is 25.8 Å². The molecule has 0 saturated heterocycles. The maximum absolute atomic E-state index is 11.0. The van der Waals surface area contributed by atoms with E-state index in [1.54, 1.807) is 6.92 Å². The molecule has 0 aromatic carbocycles. The van der Waals surface area contributed by atoms with Gasteiger partial charge in [0.15, 0.2) is 0 Å². The lowest BCUT2D eigenvalue weighted by molar-refractivity contribution is -0.145. The van der Waals surface area contributed by atoms with E-state index >= 15 is 0 Å². The van der Waals surface area contributed by atoms with Gasteiger partial charge in [-0.25, -0.2) is 0 Å². The van der Waals surface area contributed by atoms with Crippen LogP contribution in [0.5, 0.6) is 0 Å². The summed E-state index contributed by atoms with van der Waals surface area (Å²) < 4.78 is 0. The van der Waals surface area contributed by atoms with E-state index < -0.39 is 11.5 Å². The zero-order chi connectivity index (χ0) is 11.0. The molecule has 0 atom stereocenters. The lowest BCUT2D eigenvalue weighted by atomic mass is 9.93. The smallest absolute Gasteiger partial charge is 0.323 e. The monoisotopic (exact) mass is 197 g/mol. The second-order valence-corrected chi connectivity index (χ2v) is 3.20. The minimum Gasteiger partial charge on any atom is -0.480 e. The first-order valence-corrected chi connectivity index (χ1v) is 5.01. The number of aliphatic carboxylic acids is 1. The molecule has 0 aromatic heterocycles. The minimum atomic E-state index is -0.771. The van der Waals surface area contributed by atoms with Crippen molar-refractivity contribution in [2.45, 2.75) is 45.6 Å². The number of carbonyl (C=O) groups is 1. The van der Waals surface area contributed by atoms with E-state index in [0.717, 1.165) is 0 Å². The number of nitrogens with one attached hydrogen (secondary N) is 1. The Kier molecular flexibility index (Phi) is 5.98. The van der Waals surface area contributed by atoms with E-state index in [-0.39, 0.29) is 0 Å². The van der Waals surface area contributed by atoms with Crippen molar-refractivity contribution < 1.29 is 9.90 Å². The summed E-state index contributed by atoms with van der Waals surface area (Å²) in [6.45, 7) is 6.19. The predicted octanol–water partition coefficient (Wildman–Crippen LogP) is 1.63. The van der Waals surface area contributed by atoms with Crippen LogP contribution in [0.1, 0.15) is 40.0 Å². The highest BCUT2D eigenvalue weighted by atomic mass is 16.4. The molecule has 80 valence electrons. The lowest BCUT2D eigenvalue weighted by Crippen LogP contribution is -2.51. The normalized spacial score (nSPS) is 10.5. The van der Waals surface area contributed by atoms with Crippen LogP contribution in [0.3, 0.4) is 0 Å². The van der Waals surface area contributed by atoms with Crippen molar-refractivity contribution in [1.29, 1.82) is 0 Å². The third kappa shape index (κ3) is 3.39. The summed E-state index contributed by atoms with van der Waals surface area (Å²) in [7, 11) is 0. The zero-order valence-corrected chi connectivity index (χ0v) is 9.18. The summed E-state index contributed by atoms with van der Waals surface area (Å²) >= 11 is 0. The van der Waals surface area contributed by atoms with Crippen LogP contribution < -0.4 is 5.32 Å². The molecule has 0 unspecified atom stereocenters. The highest BCUT2D eigenvalue weighted by molar-refractivity contribution is 5.78. The third-order valence-electron chi connectivity index (χ3n) is 2.51. The van der Waals surface area contributed by atoms with Gasteiger partial charge in [-0.15, -0.1) is 11.8 Å². The number of hydrogen-bond donors (Lipinski definition) is 2. The van der Waals surface area contributed by atoms with Gasteiger partial charge < -0.3 is 10.4 Å². The Morgan fingerprint density at radius 3 is 2.36 bits per heavy atom. The van der Waals surface area contributed by atoms with E-state index in [2.05, 4.69) is 17.2 Å². The quantitative estimate of drug-likeness (QED) is 0.502. The molecule has 0 aliphatic heterocycles. The standard InChI is InChI=1S/C11H19NO2/c1-4-7-8-9-12-11(5-2,6-3)10(13)14/h12H,5-6,8-9H2,1-3H3,(H,13,14). The molecule has 0 heterocycles. The summed E-state index contributed by atoms with van der Waals surface area (Å²) in [6, 6.07) is 0. The zero-order valence-electron chi connectivity index (χ0n) is 9.18. The molecule has 0 rings (SSSR count). The molecule has 0 amide bonds. The van der Waals surface area contributed by atoms with Crippen molar-refractivity contribution >= 4 is 5.97 Å². The van der Waals surface area contributed by atoms with Crippen molar-refractivity contribution in [3.8, 4) is 11.8 Å². The Morgan fingerprint density at radius 1 is 1.43 bits per heavy atom. The van der Waals surface area contributed by atoms with E-state index in [1.165, 1.54) is 0 Å². The minimum absolute atomic E-state index is 0.596. The second kappa shape index (κ2) is 6.44. The summed E-state index contributed by atoms with van der Waals surface area (Å²) in [5.74, 6) is 4.91. The van der Waals surface area contributed by atoms with Crippen LogP contribution in [-0.4, -0.2) is 23.2 Å². The van der Waals surface area contributed by atoms with Crippen molar-refractivity contribution in [1.82, 2.24) is 5.32 Å². The van der Waals surface area contributed by atoms with Crippen LogP contribution in [0, 0.1) is 11.8 Å². The first kappa shape index (κ1) is 13.0. The van der Waals surface area contributed by atoms with Gasteiger partial charge in [-0.1, -0.05) is 13.8 Å². The average Bonchev–Trinajstić information content (AvgIpc) is 2.18. The van der Waals surface area contributed by atoms with Gasteiger partial charge in [-0.2, -0.15) is 0 Å². The molecular formula is C11H19NO2. The highest BCUT2D eigenvalue weighted by Gasteiger charge is 2.33. The molecule has 0 radical (unpaired) electrons. The van der Waals surface area contributed by atoms with Gasteiger partial charge in [0.05, 0.1) is 0 Å². The molecular weight excluding hydrogens is 178 g/mol. The third-order valence-corrected chi connectivity index (χ3v) is 2.51. The van der Waals surface area contributed by atoms with Crippen LogP contribution in [0.25, 0.3) is 0 Å². The molecule has 3 nitrogen and oxygen atoms in total. The fourth-order valence-corrected chi connectivity index (χ4v) is 1.37. The Hall–Kier alpha value is -1.01. The molecule has 0 aliphatic rings. The maximum Gasteiger partial charge on any atom is 0.323 e. The Bertz CT molecular complexity index is 233. The van der Waals surface area contributed by atoms with Crippen molar-refractivity contribution in [3.05, 3.63) is 0 Å². The van der Waals surface area contributed by atoms with Gasteiger partial charge in [0.1, 0.15) is 5.54 Å². The molecule has 0 spiro atoms. The van der Waals surface area contributed by atoms with Gasteiger partial charge in [0.25, 0.3) is 0 Å². The van der Waals surface area contributed by atoms with Crippen molar-refractivity contribution in [3.63, 3.8) is 0 Å². The molecule has 14 heavy (non-hydrogen) atoms. The number of hydrogen-bond acceptors (Lipinski definition) is 2. The van der Waals surface area contributed by atoms with Crippen LogP contribution in [-0.2, 0) is 4.79 Å². The molecule has 0 bridgehead atoms. The largest absolute Gasteiger partial charge is 0.480 e. The molecule has 2 N–H and O–H groups in total. The van der Waals surface area contributed by atoms with Gasteiger partial charge in [0.2, 0.25) is 0 Å². The molecule has 3 heteroatoms. The van der Waals surface area contributed by atoms with Gasteiger partial charge in [-0.05, 0) is 19.8 Å². The summed E-state index contributed by atoms with van der Waals surface area (Å²) in [5.41, 5.74) is -0.768. The molecule has 0 aliphatic carbocycles. The SMILES string of the molecule is CC#CCCNC(CC)(CC)C(=O)O. The van der Waals surface area contributed by atoms with Crippen LogP contribution in [0.2, 0.25) is 0 Å². The lowest BCUT2D eigenvalue weighted by Gasteiger charge is -2.27. The van der Waals surface area contributed by atoms with Crippen molar-refractivity contribution in [2.75, 3.05) is 6.54 Å². The number of carboxylic acids is 1. The summed E-state index contributed by atoms with van der Waals surface area (Å²) in [6.07, 6.45) is 1.89. The average molecular weight is 197 g/mol. The van der Waals surface area contributed by atoms with Crippen LogP contribution in [0.15, 0.2) is 0 Å². The first-order chi connectivity index (χ1) is 6.63. The summed E-state index contributed by atoms with van der Waals surface area (Å²) in [5, 5.41) is 12.1. The van der Waals surface area contributed by atoms with Crippen molar-refractivity contribution in [2.24, 2.45) is 0 Å². The fourth-order valence-electron chi connectivity index (χ4n) is 1.37. The van der Waals surface area contributed by atoms with Gasteiger partial charge >= 0.3 is 5.97 Å². The Labute approximate surface area is 85.9 Å². The Morgan fingerprint density at radius 2 is 2.00 bits per heavy atom. The number of rotatable bonds is 6. The fraction of sp³-hybridized carbons (Fsp3) is 0.727. The van der Waals surface area contributed by atoms with Gasteiger partial charge in [-0.3, -0.25) is 4.79 Å². The highest BCUT2D eigenvalue weighted by Crippen LogP contribution is 2.14. The van der Waals surface area contributed by atoms with Crippen LogP contribution in [0.4, 0.5) is 0 Å². The second-order valence-electron chi connectivity index (χ2n) is 3.20. The molecule has 0 saturated carbocycles. The molecule has 0 fully saturated rings. The van der Waals surface area contributed by atoms with Crippen LogP contribution >= 0.6 is 0 Å². The number of carboxylic acid groups (broad SMARTS) is 1. The summed E-state index contributed by atoms with van der Waals surface area (Å²) in [4.78, 5) is 11.0. The van der Waals surface area contributed by atoms with E-state index in [9.17, 15) is 4.79 Å². The van der Waals surface area contributed by atoms with E-state index in [4.69, 9.17) is 5.11 Å². The van der Waals surface area contributed by atoms with Gasteiger partial charge in [0, 0.05) is 13.0 Å².